The standard InChI is InChI=1S/C16H23FN2O6S/c1-2-3-4-5-6-24-16(23)25-11-7-13(26-12(11)9-20)19-8-10(17)14(21)18-15(19)22/h8,11-13,20H,2-7,9H2,1H3,(H,18,21,22)/t11-,12+,13+/m0/s1. The van der Waals surface area contributed by atoms with Crippen LogP contribution in [0, 0.1) is 5.82 Å². The molecule has 3 atom stereocenters. The largest absolute Gasteiger partial charge is 0.508 e. The van der Waals surface area contributed by atoms with E-state index in [9.17, 15) is 23.9 Å². The van der Waals surface area contributed by atoms with Gasteiger partial charge in [-0.15, -0.1) is 11.8 Å². The van der Waals surface area contributed by atoms with Crippen molar-refractivity contribution in [3.05, 3.63) is 32.9 Å². The molecule has 1 aliphatic rings. The van der Waals surface area contributed by atoms with E-state index < -0.39 is 39.9 Å². The Bertz CT molecular complexity index is 721. The van der Waals surface area contributed by atoms with Crippen LogP contribution < -0.4 is 11.2 Å². The molecule has 146 valence electrons. The van der Waals surface area contributed by atoms with E-state index in [1.807, 2.05) is 4.98 Å². The fraction of sp³-hybridized carbons (Fsp3) is 0.688. The lowest BCUT2D eigenvalue weighted by Gasteiger charge is -2.16. The van der Waals surface area contributed by atoms with Gasteiger partial charge in [-0.25, -0.2) is 9.59 Å². The van der Waals surface area contributed by atoms with Crippen LogP contribution in [0.4, 0.5) is 9.18 Å². The molecule has 0 aliphatic carbocycles. The number of nitrogens with zero attached hydrogens (tertiary/aromatic N) is 1. The zero-order valence-electron chi connectivity index (χ0n) is 14.5. The fourth-order valence-electron chi connectivity index (χ4n) is 2.68. The van der Waals surface area contributed by atoms with Gasteiger partial charge in [0.2, 0.25) is 5.82 Å². The fourth-order valence-corrected chi connectivity index (χ4v) is 4.10. The Balaban J connectivity index is 1.94. The van der Waals surface area contributed by atoms with Crippen LogP contribution in [0.1, 0.15) is 44.4 Å². The molecular formula is C16H23FN2O6S. The third-order valence-corrected chi connectivity index (χ3v) is 5.60. The van der Waals surface area contributed by atoms with E-state index in [0.717, 1.165) is 36.4 Å². The van der Waals surface area contributed by atoms with Crippen molar-refractivity contribution in [3.63, 3.8) is 0 Å². The van der Waals surface area contributed by atoms with Crippen LogP contribution in [-0.4, -0.2) is 45.4 Å². The summed E-state index contributed by atoms with van der Waals surface area (Å²) in [4.78, 5) is 36.7. The average Bonchev–Trinajstić information content (AvgIpc) is 3.00. The van der Waals surface area contributed by atoms with Gasteiger partial charge in [0, 0.05) is 6.42 Å². The number of nitrogens with one attached hydrogen (secondary N) is 1. The second-order valence-electron chi connectivity index (χ2n) is 6.01. The van der Waals surface area contributed by atoms with E-state index in [2.05, 4.69) is 6.92 Å². The smallest absolute Gasteiger partial charge is 0.434 e. The molecule has 26 heavy (non-hydrogen) atoms. The summed E-state index contributed by atoms with van der Waals surface area (Å²) in [6.45, 7) is 2.06. The van der Waals surface area contributed by atoms with Gasteiger partial charge in [0.25, 0.3) is 5.56 Å². The Hall–Kier alpha value is -1.81. The second-order valence-corrected chi connectivity index (χ2v) is 7.43. The van der Waals surface area contributed by atoms with Crippen molar-refractivity contribution in [2.75, 3.05) is 13.2 Å². The highest BCUT2D eigenvalue weighted by atomic mass is 32.2. The molecule has 1 aliphatic heterocycles. The topological polar surface area (TPSA) is 111 Å². The average molecular weight is 390 g/mol. The molecule has 1 aromatic heterocycles. The normalized spacial score (nSPS) is 22.3. The molecule has 0 unspecified atom stereocenters. The van der Waals surface area contributed by atoms with Gasteiger partial charge in [0.15, 0.2) is 0 Å². The number of H-pyrrole nitrogens is 1. The van der Waals surface area contributed by atoms with Crippen molar-refractivity contribution in [1.82, 2.24) is 9.55 Å². The number of ether oxygens (including phenoxy) is 2. The number of hydrogen-bond donors (Lipinski definition) is 2. The lowest BCUT2D eigenvalue weighted by molar-refractivity contribution is 0.0163. The number of carbonyl (C=O) groups excluding carboxylic acids is 1. The molecule has 2 rings (SSSR count). The highest BCUT2D eigenvalue weighted by molar-refractivity contribution is 8.00. The Morgan fingerprint density at radius 2 is 2.19 bits per heavy atom. The van der Waals surface area contributed by atoms with E-state index in [-0.39, 0.29) is 19.6 Å². The Labute approximate surface area is 153 Å². The minimum absolute atomic E-state index is 0.187. The van der Waals surface area contributed by atoms with Gasteiger partial charge in [-0.2, -0.15) is 4.39 Å². The highest BCUT2D eigenvalue weighted by Crippen LogP contribution is 2.42. The van der Waals surface area contributed by atoms with Gasteiger partial charge in [-0.1, -0.05) is 26.2 Å². The lowest BCUT2D eigenvalue weighted by Crippen LogP contribution is -2.33. The minimum atomic E-state index is -1.09. The Morgan fingerprint density at radius 3 is 2.88 bits per heavy atom. The molecular weight excluding hydrogens is 367 g/mol. The van der Waals surface area contributed by atoms with Crippen molar-refractivity contribution in [2.24, 2.45) is 0 Å². The van der Waals surface area contributed by atoms with Crippen molar-refractivity contribution in [1.29, 1.82) is 0 Å². The maximum atomic E-state index is 13.5. The van der Waals surface area contributed by atoms with Crippen molar-refractivity contribution in [2.45, 2.75) is 55.8 Å². The van der Waals surface area contributed by atoms with Crippen LogP contribution >= 0.6 is 11.8 Å². The molecule has 0 amide bonds. The van der Waals surface area contributed by atoms with Gasteiger partial charge in [-0.3, -0.25) is 14.3 Å². The first-order chi connectivity index (χ1) is 12.5. The quantitative estimate of drug-likeness (QED) is 0.514. The predicted octanol–water partition coefficient (Wildman–Crippen LogP) is 1.77. The molecule has 10 heteroatoms. The molecule has 0 radical (unpaired) electrons. The van der Waals surface area contributed by atoms with Gasteiger partial charge in [-0.05, 0) is 6.42 Å². The lowest BCUT2D eigenvalue weighted by atomic mass is 10.2. The van der Waals surface area contributed by atoms with Crippen molar-refractivity contribution >= 4 is 17.9 Å². The molecule has 1 aromatic rings. The van der Waals surface area contributed by atoms with Crippen LogP contribution in [-0.2, 0) is 9.47 Å². The number of rotatable bonds is 8. The van der Waals surface area contributed by atoms with Gasteiger partial charge >= 0.3 is 11.8 Å². The van der Waals surface area contributed by atoms with E-state index in [0.29, 0.717) is 0 Å². The number of thioether (sulfide) groups is 1. The van der Waals surface area contributed by atoms with Crippen molar-refractivity contribution in [3.8, 4) is 0 Å². The van der Waals surface area contributed by atoms with E-state index in [4.69, 9.17) is 9.47 Å². The van der Waals surface area contributed by atoms with Crippen LogP contribution in [0.3, 0.4) is 0 Å². The number of aliphatic hydroxyl groups is 1. The number of hydrogen-bond acceptors (Lipinski definition) is 7. The summed E-state index contributed by atoms with van der Waals surface area (Å²) < 4.78 is 24.7. The summed E-state index contributed by atoms with van der Waals surface area (Å²) >= 11 is 1.17. The number of aromatic nitrogens is 2. The predicted molar refractivity (Wildman–Crippen MR) is 93.8 cm³/mol. The number of aliphatic hydroxyl groups excluding tert-OH is 1. The van der Waals surface area contributed by atoms with E-state index in [1.165, 1.54) is 11.8 Å². The third kappa shape index (κ3) is 5.34. The first kappa shape index (κ1) is 20.5. The van der Waals surface area contributed by atoms with Crippen molar-refractivity contribution < 1.29 is 23.8 Å². The summed E-state index contributed by atoms with van der Waals surface area (Å²) in [5, 5.41) is 8.43. The molecule has 1 saturated heterocycles. The number of aromatic amines is 1. The van der Waals surface area contributed by atoms with Crippen LogP contribution in [0.2, 0.25) is 0 Å². The van der Waals surface area contributed by atoms with Crippen LogP contribution in [0.5, 0.6) is 0 Å². The summed E-state index contributed by atoms with van der Waals surface area (Å²) in [5.41, 5.74) is -1.85. The first-order valence-corrected chi connectivity index (χ1v) is 9.51. The second kappa shape index (κ2) is 9.77. The van der Waals surface area contributed by atoms with Crippen LogP contribution in [0.25, 0.3) is 0 Å². The Kier molecular flexibility index (Phi) is 7.70. The van der Waals surface area contributed by atoms with Gasteiger partial charge in [0.1, 0.15) is 6.10 Å². The van der Waals surface area contributed by atoms with E-state index >= 15 is 0 Å². The Morgan fingerprint density at radius 1 is 1.42 bits per heavy atom. The molecule has 2 N–H and O–H groups in total. The zero-order chi connectivity index (χ0) is 19.1. The minimum Gasteiger partial charge on any atom is -0.434 e. The summed E-state index contributed by atoms with van der Waals surface area (Å²) in [7, 11) is 0. The monoisotopic (exact) mass is 390 g/mol. The highest BCUT2D eigenvalue weighted by Gasteiger charge is 2.39. The number of carbonyl (C=O) groups is 1. The maximum Gasteiger partial charge on any atom is 0.508 e. The van der Waals surface area contributed by atoms with Gasteiger partial charge in [0.05, 0.1) is 30.0 Å². The number of unbranched alkanes of at least 4 members (excludes halogenated alkanes) is 3. The zero-order valence-corrected chi connectivity index (χ0v) is 15.3. The molecule has 2 heterocycles. The molecule has 8 nitrogen and oxygen atoms in total. The van der Waals surface area contributed by atoms with E-state index in [1.54, 1.807) is 0 Å². The SMILES string of the molecule is CCCCCCOC(=O)O[C@H]1C[C@H](n2cc(F)c(=O)[nH]c2=O)S[C@@H]1CO. The summed E-state index contributed by atoms with van der Waals surface area (Å²) in [6.07, 6.45) is 3.36. The molecule has 0 aromatic carbocycles. The van der Waals surface area contributed by atoms with Gasteiger partial charge < -0.3 is 14.6 Å². The molecule has 0 saturated carbocycles. The molecule has 0 spiro atoms. The number of halogens is 1. The first-order valence-electron chi connectivity index (χ1n) is 8.57. The summed E-state index contributed by atoms with van der Waals surface area (Å²) in [6, 6.07) is 0. The molecule has 1 fully saturated rings. The third-order valence-electron chi connectivity index (χ3n) is 4.06. The van der Waals surface area contributed by atoms with Crippen LogP contribution in [0.15, 0.2) is 15.8 Å². The molecule has 0 bridgehead atoms. The summed E-state index contributed by atoms with van der Waals surface area (Å²) in [5.74, 6) is -1.08. The maximum absolute atomic E-state index is 13.5.